The van der Waals surface area contributed by atoms with Crippen LogP contribution in [0.15, 0.2) is 34.9 Å². The third kappa shape index (κ3) is 2.71. The van der Waals surface area contributed by atoms with Gasteiger partial charge in [0.05, 0.1) is 12.8 Å². The molecule has 0 saturated carbocycles. The van der Waals surface area contributed by atoms with Crippen LogP contribution in [0.2, 0.25) is 0 Å². The van der Waals surface area contributed by atoms with E-state index in [1.54, 1.807) is 6.26 Å². The minimum absolute atomic E-state index is 0.497. The molecule has 0 aliphatic rings. The Morgan fingerprint density at radius 1 is 1.33 bits per heavy atom. The van der Waals surface area contributed by atoms with E-state index >= 15 is 0 Å². The Hall–Kier alpha value is -1.81. The predicted molar refractivity (Wildman–Crippen MR) is 72.3 cm³/mol. The number of hydrogen-bond donors (Lipinski definition) is 1. The van der Waals surface area contributed by atoms with Gasteiger partial charge in [0, 0.05) is 24.3 Å². The molecule has 4 heteroatoms. The summed E-state index contributed by atoms with van der Waals surface area (Å²) in [4.78, 5) is 6.77. The third-order valence-corrected chi connectivity index (χ3v) is 2.92. The second kappa shape index (κ2) is 5.69. The first-order valence-corrected chi connectivity index (χ1v) is 6.18. The van der Waals surface area contributed by atoms with Crippen LogP contribution in [0.4, 0.5) is 5.82 Å². The molecule has 2 N–H and O–H groups in total. The molecule has 0 spiro atoms. The Morgan fingerprint density at radius 3 is 2.78 bits per heavy atom. The molecule has 2 aromatic rings. The largest absolute Gasteiger partial charge is 0.467 e. The van der Waals surface area contributed by atoms with Gasteiger partial charge >= 0.3 is 0 Å². The van der Waals surface area contributed by atoms with Gasteiger partial charge in [-0.25, -0.2) is 4.98 Å². The first-order valence-electron chi connectivity index (χ1n) is 6.18. The van der Waals surface area contributed by atoms with Crippen LogP contribution < -0.4 is 10.6 Å². The van der Waals surface area contributed by atoms with E-state index in [0.717, 1.165) is 29.4 Å². The van der Waals surface area contributed by atoms with Crippen LogP contribution in [0, 0.1) is 6.92 Å². The Labute approximate surface area is 107 Å². The van der Waals surface area contributed by atoms with Gasteiger partial charge in [0.25, 0.3) is 0 Å². The smallest absolute Gasteiger partial charge is 0.133 e. The van der Waals surface area contributed by atoms with Crippen LogP contribution in [-0.4, -0.2) is 11.5 Å². The third-order valence-electron chi connectivity index (χ3n) is 2.92. The monoisotopic (exact) mass is 245 g/mol. The molecular formula is C14H19N3O. The lowest BCUT2D eigenvalue weighted by Gasteiger charge is -2.23. The molecule has 2 rings (SSSR count). The van der Waals surface area contributed by atoms with Crippen LogP contribution in [0.1, 0.15) is 23.9 Å². The Kier molecular flexibility index (Phi) is 3.99. The molecule has 4 nitrogen and oxygen atoms in total. The summed E-state index contributed by atoms with van der Waals surface area (Å²) in [5.74, 6) is 1.89. The summed E-state index contributed by atoms with van der Waals surface area (Å²) in [5, 5.41) is 0. The first-order chi connectivity index (χ1) is 8.74. The molecule has 0 aliphatic heterocycles. The number of hydrogen-bond acceptors (Lipinski definition) is 4. The molecule has 0 atom stereocenters. The molecule has 0 saturated heterocycles. The zero-order chi connectivity index (χ0) is 13.0. The summed E-state index contributed by atoms with van der Waals surface area (Å²) < 4.78 is 5.39. The van der Waals surface area contributed by atoms with E-state index < -0.39 is 0 Å². The summed E-state index contributed by atoms with van der Waals surface area (Å²) in [6, 6.07) is 7.91. The van der Waals surface area contributed by atoms with Crippen molar-refractivity contribution in [3.63, 3.8) is 0 Å². The summed E-state index contributed by atoms with van der Waals surface area (Å²) >= 11 is 0. The van der Waals surface area contributed by atoms with Gasteiger partial charge in [0.1, 0.15) is 11.6 Å². The van der Waals surface area contributed by atoms with Crippen molar-refractivity contribution >= 4 is 5.82 Å². The highest BCUT2D eigenvalue weighted by atomic mass is 16.3. The van der Waals surface area contributed by atoms with Crippen molar-refractivity contribution in [1.82, 2.24) is 4.98 Å². The van der Waals surface area contributed by atoms with E-state index in [2.05, 4.69) is 16.8 Å². The number of nitrogens with two attached hydrogens (primary N) is 1. The highest BCUT2D eigenvalue weighted by molar-refractivity contribution is 5.47. The molecule has 0 bridgehead atoms. The summed E-state index contributed by atoms with van der Waals surface area (Å²) in [6.45, 7) is 6.17. The summed E-state index contributed by atoms with van der Waals surface area (Å²) in [7, 11) is 0. The van der Waals surface area contributed by atoms with Crippen molar-refractivity contribution in [2.75, 3.05) is 11.4 Å². The predicted octanol–water partition coefficient (Wildman–Crippen LogP) is 2.47. The van der Waals surface area contributed by atoms with Gasteiger partial charge in [-0.2, -0.15) is 0 Å². The molecule has 0 aliphatic carbocycles. The summed E-state index contributed by atoms with van der Waals surface area (Å²) in [5.41, 5.74) is 7.84. The number of pyridine rings is 1. The normalized spacial score (nSPS) is 10.6. The molecule has 0 fully saturated rings. The van der Waals surface area contributed by atoms with E-state index in [9.17, 15) is 0 Å². The second-order valence-electron chi connectivity index (χ2n) is 4.23. The fourth-order valence-corrected chi connectivity index (χ4v) is 1.93. The molecule has 0 aromatic carbocycles. The lowest BCUT2D eigenvalue weighted by Crippen LogP contribution is -2.25. The molecular weight excluding hydrogens is 226 g/mol. The Balaban J connectivity index is 2.28. The molecule has 96 valence electrons. The van der Waals surface area contributed by atoms with Gasteiger partial charge in [-0.1, -0.05) is 6.07 Å². The fraction of sp³-hybridized carbons (Fsp3) is 0.357. The van der Waals surface area contributed by atoms with Gasteiger partial charge in [-0.15, -0.1) is 0 Å². The van der Waals surface area contributed by atoms with Crippen molar-refractivity contribution in [1.29, 1.82) is 0 Å². The minimum Gasteiger partial charge on any atom is -0.467 e. The van der Waals surface area contributed by atoms with E-state index in [-0.39, 0.29) is 0 Å². The maximum absolute atomic E-state index is 5.78. The standard InChI is InChI=1S/C14H19N3O/c1-3-17(10-13-5-4-8-18-13)14-12(9-15)7-6-11(2)16-14/h4-8H,3,9-10,15H2,1-2H3. The molecule has 18 heavy (non-hydrogen) atoms. The molecule has 2 aromatic heterocycles. The van der Waals surface area contributed by atoms with E-state index in [4.69, 9.17) is 10.2 Å². The lowest BCUT2D eigenvalue weighted by atomic mass is 10.2. The van der Waals surface area contributed by atoms with Crippen LogP contribution in [0.3, 0.4) is 0 Å². The number of aromatic nitrogens is 1. The molecule has 2 heterocycles. The molecule has 0 radical (unpaired) electrons. The van der Waals surface area contributed by atoms with Crippen molar-refractivity contribution < 1.29 is 4.42 Å². The van der Waals surface area contributed by atoms with E-state index in [1.165, 1.54) is 0 Å². The van der Waals surface area contributed by atoms with Gasteiger partial charge in [0.2, 0.25) is 0 Å². The highest BCUT2D eigenvalue weighted by Crippen LogP contribution is 2.20. The Morgan fingerprint density at radius 2 is 2.17 bits per heavy atom. The number of rotatable bonds is 5. The fourth-order valence-electron chi connectivity index (χ4n) is 1.93. The van der Waals surface area contributed by atoms with Crippen LogP contribution in [0.25, 0.3) is 0 Å². The van der Waals surface area contributed by atoms with Gasteiger partial charge in [-0.05, 0) is 32.0 Å². The lowest BCUT2D eigenvalue weighted by molar-refractivity contribution is 0.502. The quantitative estimate of drug-likeness (QED) is 0.879. The maximum Gasteiger partial charge on any atom is 0.133 e. The highest BCUT2D eigenvalue weighted by Gasteiger charge is 2.12. The number of aryl methyl sites for hydroxylation is 1. The van der Waals surface area contributed by atoms with Crippen molar-refractivity contribution in [3.8, 4) is 0 Å². The van der Waals surface area contributed by atoms with Gasteiger partial charge < -0.3 is 15.1 Å². The first kappa shape index (κ1) is 12.6. The van der Waals surface area contributed by atoms with Crippen LogP contribution in [0.5, 0.6) is 0 Å². The van der Waals surface area contributed by atoms with Crippen molar-refractivity contribution in [2.45, 2.75) is 26.9 Å². The molecule has 0 amide bonds. The van der Waals surface area contributed by atoms with Crippen molar-refractivity contribution in [2.24, 2.45) is 5.73 Å². The maximum atomic E-state index is 5.78. The van der Waals surface area contributed by atoms with E-state index in [1.807, 2.05) is 31.2 Å². The average Bonchev–Trinajstić information content (AvgIpc) is 2.88. The van der Waals surface area contributed by atoms with Gasteiger partial charge in [0.15, 0.2) is 0 Å². The summed E-state index contributed by atoms with van der Waals surface area (Å²) in [6.07, 6.45) is 1.69. The van der Waals surface area contributed by atoms with Gasteiger partial charge in [-0.3, -0.25) is 0 Å². The zero-order valence-corrected chi connectivity index (χ0v) is 10.9. The minimum atomic E-state index is 0.497. The number of nitrogens with zero attached hydrogens (tertiary/aromatic N) is 2. The average molecular weight is 245 g/mol. The SMILES string of the molecule is CCN(Cc1ccco1)c1nc(C)ccc1CN. The Bertz CT molecular complexity index is 494. The topological polar surface area (TPSA) is 55.3 Å². The number of anilines is 1. The zero-order valence-electron chi connectivity index (χ0n) is 10.9. The molecule has 0 unspecified atom stereocenters. The number of furan rings is 1. The van der Waals surface area contributed by atoms with Crippen LogP contribution in [-0.2, 0) is 13.1 Å². The van der Waals surface area contributed by atoms with Crippen molar-refractivity contribution in [3.05, 3.63) is 47.5 Å². The van der Waals surface area contributed by atoms with E-state index in [0.29, 0.717) is 13.1 Å². The second-order valence-corrected chi connectivity index (χ2v) is 4.23. The van der Waals surface area contributed by atoms with Crippen LogP contribution >= 0.6 is 0 Å².